The largest absolute Gasteiger partial charge is 0.357 e. The van der Waals surface area contributed by atoms with Crippen LogP contribution in [0.1, 0.15) is 46.6 Å². The topological polar surface area (TPSA) is 28.2 Å². The minimum Gasteiger partial charge on any atom is -0.357 e. The molecule has 0 radical (unpaired) electrons. The summed E-state index contributed by atoms with van der Waals surface area (Å²) in [7, 11) is 2.10. The van der Waals surface area contributed by atoms with E-state index >= 15 is 0 Å². The van der Waals surface area contributed by atoms with E-state index in [1.165, 1.54) is 5.56 Å². The van der Waals surface area contributed by atoms with E-state index < -0.39 is 0 Å². The fourth-order valence-electron chi connectivity index (χ4n) is 1.60. The van der Waals surface area contributed by atoms with Crippen LogP contribution in [0.4, 0.5) is 5.82 Å². The van der Waals surface area contributed by atoms with E-state index in [-0.39, 0.29) is 5.54 Å². The van der Waals surface area contributed by atoms with Crippen molar-refractivity contribution < 1.29 is 0 Å². The van der Waals surface area contributed by atoms with Crippen molar-refractivity contribution in [3.63, 3.8) is 0 Å². The van der Waals surface area contributed by atoms with Crippen LogP contribution in [0.15, 0.2) is 18.3 Å². The summed E-state index contributed by atoms with van der Waals surface area (Å²) in [5.74, 6) is 1.05. The van der Waals surface area contributed by atoms with Crippen LogP contribution in [0, 0.1) is 0 Å². The molecule has 18 heavy (non-hydrogen) atoms. The highest BCUT2D eigenvalue weighted by Crippen LogP contribution is 2.14. The average molecular weight is 249 g/mol. The molecule has 0 aliphatic carbocycles. The predicted molar refractivity (Wildman–Crippen MR) is 79.0 cm³/mol. The number of pyridine rings is 1. The first-order chi connectivity index (χ1) is 8.33. The Morgan fingerprint density at radius 2 is 2.00 bits per heavy atom. The van der Waals surface area contributed by atoms with E-state index in [1.54, 1.807) is 0 Å². The Labute approximate surface area is 112 Å². The maximum atomic E-state index is 4.53. The maximum Gasteiger partial charge on any atom is 0.128 e. The Kier molecular flexibility index (Phi) is 5.15. The van der Waals surface area contributed by atoms with Gasteiger partial charge in [-0.1, -0.05) is 13.0 Å². The highest BCUT2D eigenvalue weighted by atomic mass is 15.2. The van der Waals surface area contributed by atoms with Gasteiger partial charge in [-0.15, -0.1) is 0 Å². The van der Waals surface area contributed by atoms with Crippen molar-refractivity contribution in [1.29, 1.82) is 0 Å². The number of hydrogen-bond donors (Lipinski definition) is 1. The summed E-state index contributed by atoms with van der Waals surface area (Å²) in [6.07, 6.45) is 3.10. The molecule has 0 aliphatic rings. The molecular weight excluding hydrogens is 222 g/mol. The molecule has 0 amide bonds. The lowest BCUT2D eigenvalue weighted by molar-refractivity contribution is 0.424. The summed E-state index contributed by atoms with van der Waals surface area (Å²) in [6.45, 7) is 11.8. The van der Waals surface area contributed by atoms with E-state index in [0.717, 1.165) is 18.8 Å². The van der Waals surface area contributed by atoms with Gasteiger partial charge in [-0.25, -0.2) is 4.98 Å². The quantitative estimate of drug-likeness (QED) is 0.868. The lowest BCUT2D eigenvalue weighted by Gasteiger charge is -2.25. The number of rotatable bonds is 5. The molecule has 3 nitrogen and oxygen atoms in total. The van der Waals surface area contributed by atoms with Crippen molar-refractivity contribution in [3.05, 3.63) is 23.9 Å². The zero-order valence-corrected chi connectivity index (χ0v) is 12.6. The summed E-state index contributed by atoms with van der Waals surface area (Å²) in [5.41, 5.74) is 1.37. The first-order valence-electron chi connectivity index (χ1n) is 6.76. The third-order valence-electron chi connectivity index (χ3n) is 3.25. The fourth-order valence-corrected chi connectivity index (χ4v) is 1.60. The van der Waals surface area contributed by atoms with Gasteiger partial charge < -0.3 is 10.2 Å². The summed E-state index contributed by atoms with van der Waals surface area (Å²) in [6, 6.07) is 4.78. The molecule has 1 unspecified atom stereocenters. The molecule has 102 valence electrons. The third kappa shape index (κ3) is 4.65. The number of nitrogens with one attached hydrogen (secondary N) is 1. The molecule has 0 saturated carbocycles. The van der Waals surface area contributed by atoms with Crippen LogP contribution < -0.4 is 10.2 Å². The van der Waals surface area contributed by atoms with Gasteiger partial charge in [-0.05, 0) is 45.7 Å². The molecule has 0 aliphatic heterocycles. The van der Waals surface area contributed by atoms with Crippen LogP contribution in [-0.4, -0.2) is 23.6 Å². The van der Waals surface area contributed by atoms with E-state index in [9.17, 15) is 0 Å². The van der Waals surface area contributed by atoms with Crippen molar-refractivity contribution >= 4 is 5.82 Å². The van der Waals surface area contributed by atoms with Gasteiger partial charge in [-0.2, -0.15) is 0 Å². The molecule has 0 saturated heterocycles. The van der Waals surface area contributed by atoms with Gasteiger partial charge in [0.05, 0.1) is 0 Å². The van der Waals surface area contributed by atoms with Crippen molar-refractivity contribution in [2.45, 2.75) is 59.2 Å². The molecule has 1 heterocycles. The minimum atomic E-state index is 0.145. The highest BCUT2D eigenvalue weighted by Gasteiger charge is 2.10. The van der Waals surface area contributed by atoms with Gasteiger partial charge in [0.15, 0.2) is 0 Å². The fraction of sp³-hybridized carbons (Fsp3) is 0.667. The van der Waals surface area contributed by atoms with Crippen LogP contribution in [0.5, 0.6) is 0 Å². The molecule has 1 rings (SSSR count). The Bertz CT molecular complexity index is 351. The van der Waals surface area contributed by atoms with Crippen LogP contribution in [0.3, 0.4) is 0 Å². The maximum absolute atomic E-state index is 4.53. The van der Waals surface area contributed by atoms with Crippen molar-refractivity contribution in [2.75, 3.05) is 11.9 Å². The molecule has 1 N–H and O–H groups in total. The Balaban J connectivity index is 2.63. The summed E-state index contributed by atoms with van der Waals surface area (Å²) in [5, 5.41) is 3.47. The van der Waals surface area contributed by atoms with Crippen molar-refractivity contribution in [1.82, 2.24) is 10.3 Å². The molecule has 3 heteroatoms. The Hall–Kier alpha value is -1.09. The summed E-state index contributed by atoms with van der Waals surface area (Å²) < 4.78 is 0. The van der Waals surface area contributed by atoms with Crippen LogP contribution in [-0.2, 0) is 6.54 Å². The SMILES string of the molecule is CCC(C)N(C)c1ccc(CNC(C)(C)C)cn1. The normalized spacial score (nSPS) is 13.4. The summed E-state index contributed by atoms with van der Waals surface area (Å²) in [4.78, 5) is 6.76. The monoisotopic (exact) mass is 249 g/mol. The minimum absolute atomic E-state index is 0.145. The standard InChI is InChI=1S/C15H27N3/c1-7-12(2)18(6)14-9-8-13(10-16-14)11-17-15(3,4)5/h8-10,12,17H,7,11H2,1-6H3. The second-order valence-corrected chi connectivity index (χ2v) is 6.00. The lowest BCUT2D eigenvalue weighted by atomic mass is 10.1. The Morgan fingerprint density at radius 1 is 1.33 bits per heavy atom. The van der Waals surface area contributed by atoms with Gasteiger partial charge in [0.25, 0.3) is 0 Å². The second-order valence-electron chi connectivity index (χ2n) is 6.00. The van der Waals surface area contributed by atoms with Gasteiger partial charge in [0, 0.05) is 31.4 Å². The van der Waals surface area contributed by atoms with Crippen molar-refractivity contribution in [3.8, 4) is 0 Å². The number of nitrogens with zero attached hydrogens (tertiary/aromatic N) is 2. The number of hydrogen-bond acceptors (Lipinski definition) is 3. The molecule has 0 spiro atoms. The molecule has 1 aromatic rings. The van der Waals surface area contributed by atoms with Gasteiger partial charge in [0.1, 0.15) is 5.82 Å². The van der Waals surface area contributed by atoms with Gasteiger partial charge in [-0.3, -0.25) is 0 Å². The number of anilines is 1. The molecule has 1 aromatic heterocycles. The lowest BCUT2D eigenvalue weighted by Crippen LogP contribution is -2.35. The predicted octanol–water partition coefficient (Wildman–Crippen LogP) is 3.20. The van der Waals surface area contributed by atoms with Crippen LogP contribution >= 0.6 is 0 Å². The molecule has 0 aromatic carbocycles. The van der Waals surface area contributed by atoms with Crippen molar-refractivity contribution in [2.24, 2.45) is 0 Å². The van der Waals surface area contributed by atoms with E-state index in [4.69, 9.17) is 0 Å². The number of aromatic nitrogens is 1. The smallest absolute Gasteiger partial charge is 0.128 e. The molecule has 0 bridgehead atoms. The average Bonchev–Trinajstić information content (AvgIpc) is 2.34. The molecule has 0 fully saturated rings. The third-order valence-corrected chi connectivity index (χ3v) is 3.25. The molecular formula is C15H27N3. The zero-order chi connectivity index (χ0) is 13.8. The van der Waals surface area contributed by atoms with Crippen LogP contribution in [0.25, 0.3) is 0 Å². The Morgan fingerprint density at radius 3 is 2.44 bits per heavy atom. The van der Waals surface area contributed by atoms with Crippen LogP contribution in [0.2, 0.25) is 0 Å². The first-order valence-corrected chi connectivity index (χ1v) is 6.76. The zero-order valence-electron chi connectivity index (χ0n) is 12.6. The highest BCUT2D eigenvalue weighted by molar-refractivity contribution is 5.39. The van der Waals surface area contributed by atoms with E-state index in [2.05, 4.69) is 69.0 Å². The second kappa shape index (κ2) is 6.19. The van der Waals surface area contributed by atoms with Gasteiger partial charge >= 0.3 is 0 Å². The first kappa shape index (κ1) is 15.0. The summed E-state index contributed by atoms with van der Waals surface area (Å²) >= 11 is 0. The van der Waals surface area contributed by atoms with E-state index in [1.807, 2.05) is 6.20 Å². The van der Waals surface area contributed by atoms with Gasteiger partial charge in [0.2, 0.25) is 0 Å². The van der Waals surface area contributed by atoms with E-state index in [0.29, 0.717) is 6.04 Å². The molecule has 1 atom stereocenters.